The van der Waals surface area contributed by atoms with Gasteiger partial charge in [-0.2, -0.15) is 0 Å². The molecule has 1 N–H and O–H groups in total. The zero-order chi connectivity index (χ0) is 16.9. The van der Waals surface area contributed by atoms with E-state index in [2.05, 4.69) is 22.4 Å². The van der Waals surface area contributed by atoms with Gasteiger partial charge in [0.15, 0.2) is 0 Å². The van der Waals surface area contributed by atoms with Crippen LogP contribution in [0.4, 0.5) is 4.39 Å². The number of amides is 1. The molecule has 3 aromatic rings. The molecule has 0 spiro atoms. The Morgan fingerprint density at radius 3 is 2.71 bits per heavy atom. The molecule has 0 aliphatic heterocycles. The number of carbonyl (C=O) groups excluding carboxylic acids is 1. The summed E-state index contributed by atoms with van der Waals surface area (Å²) in [4.78, 5) is 17.8. The van der Waals surface area contributed by atoms with Crippen LogP contribution in [0.3, 0.4) is 0 Å². The predicted molar refractivity (Wildman–Crippen MR) is 93.7 cm³/mol. The lowest BCUT2D eigenvalue weighted by Crippen LogP contribution is -2.22. The van der Waals surface area contributed by atoms with Gasteiger partial charge in [-0.3, -0.25) is 4.79 Å². The fourth-order valence-corrected chi connectivity index (χ4v) is 3.44. The second-order valence-corrected chi connectivity index (χ2v) is 6.64. The van der Waals surface area contributed by atoms with E-state index in [9.17, 15) is 9.18 Å². The predicted octanol–water partition coefficient (Wildman–Crippen LogP) is 4.11. The molecule has 1 aromatic heterocycles. The normalized spacial score (nSPS) is 10.6. The summed E-state index contributed by atoms with van der Waals surface area (Å²) in [6, 6.07) is 15.9. The van der Waals surface area contributed by atoms with Gasteiger partial charge >= 0.3 is 0 Å². The fraction of sp³-hybridized carbons (Fsp3) is 0.158. The summed E-state index contributed by atoms with van der Waals surface area (Å²) in [7, 11) is 0. The Kier molecular flexibility index (Phi) is 5.01. The molecule has 3 rings (SSSR count). The van der Waals surface area contributed by atoms with E-state index >= 15 is 0 Å². The van der Waals surface area contributed by atoms with Gasteiger partial charge in [-0.15, -0.1) is 11.3 Å². The van der Waals surface area contributed by atoms with Crippen molar-refractivity contribution in [1.82, 2.24) is 10.3 Å². The maximum absolute atomic E-state index is 13.2. The summed E-state index contributed by atoms with van der Waals surface area (Å²) in [5.74, 6) is -0.718. The molecule has 0 aliphatic rings. The fourth-order valence-electron chi connectivity index (χ4n) is 2.40. The number of aromatic nitrogens is 1. The molecule has 0 saturated heterocycles. The van der Waals surface area contributed by atoms with Crippen LogP contribution in [0, 0.1) is 12.7 Å². The van der Waals surface area contributed by atoms with Crippen LogP contribution in [-0.2, 0) is 13.0 Å². The smallest absolute Gasteiger partial charge is 0.251 e. The van der Waals surface area contributed by atoms with E-state index in [0.717, 1.165) is 17.1 Å². The van der Waals surface area contributed by atoms with Crippen molar-refractivity contribution in [2.24, 2.45) is 0 Å². The van der Waals surface area contributed by atoms with Gasteiger partial charge < -0.3 is 5.32 Å². The van der Waals surface area contributed by atoms with E-state index in [1.165, 1.54) is 28.6 Å². The molecule has 0 saturated carbocycles. The topological polar surface area (TPSA) is 42.0 Å². The van der Waals surface area contributed by atoms with Gasteiger partial charge in [0.05, 0.1) is 12.2 Å². The molecule has 0 aliphatic carbocycles. The average molecular weight is 340 g/mol. The van der Waals surface area contributed by atoms with Crippen molar-refractivity contribution in [2.75, 3.05) is 0 Å². The second kappa shape index (κ2) is 7.36. The highest BCUT2D eigenvalue weighted by Gasteiger charge is 2.11. The molecule has 1 amide bonds. The number of thiazole rings is 1. The molecule has 122 valence electrons. The van der Waals surface area contributed by atoms with Gasteiger partial charge in [-0.05, 0) is 30.7 Å². The van der Waals surface area contributed by atoms with Crippen LogP contribution in [0.25, 0.3) is 0 Å². The number of hydrogen-bond donors (Lipinski definition) is 1. The monoisotopic (exact) mass is 340 g/mol. The van der Waals surface area contributed by atoms with Crippen molar-refractivity contribution in [3.8, 4) is 0 Å². The number of hydrogen-bond acceptors (Lipinski definition) is 3. The Morgan fingerprint density at radius 2 is 1.96 bits per heavy atom. The Hall–Kier alpha value is -2.53. The first-order valence-corrected chi connectivity index (χ1v) is 8.46. The zero-order valence-electron chi connectivity index (χ0n) is 13.3. The summed E-state index contributed by atoms with van der Waals surface area (Å²) >= 11 is 1.59. The van der Waals surface area contributed by atoms with Gasteiger partial charge in [0.2, 0.25) is 0 Å². The zero-order valence-corrected chi connectivity index (χ0v) is 14.1. The van der Waals surface area contributed by atoms with Gasteiger partial charge in [0.25, 0.3) is 5.91 Å². The largest absolute Gasteiger partial charge is 0.346 e. The van der Waals surface area contributed by atoms with Crippen LogP contribution in [-0.4, -0.2) is 10.9 Å². The van der Waals surface area contributed by atoms with Crippen molar-refractivity contribution >= 4 is 17.2 Å². The molecule has 0 fully saturated rings. The average Bonchev–Trinajstić information content (AvgIpc) is 2.93. The van der Waals surface area contributed by atoms with E-state index in [1.54, 1.807) is 17.4 Å². The first kappa shape index (κ1) is 16.3. The quantitative estimate of drug-likeness (QED) is 0.759. The summed E-state index contributed by atoms with van der Waals surface area (Å²) in [5.41, 5.74) is 2.53. The standard InChI is InChI=1S/C19H17FN2OS/c1-13-17(10-14-6-3-2-4-7-14)24-18(22-13)12-21-19(23)15-8-5-9-16(20)11-15/h2-9,11H,10,12H2,1H3,(H,21,23). The first-order valence-electron chi connectivity index (χ1n) is 7.64. The van der Waals surface area contributed by atoms with Crippen molar-refractivity contribution in [1.29, 1.82) is 0 Å². The molecular formula is C19H17FN2OS. The minimum absolute atomic E-state index is 0.299. The van der Waals surface area contributed by atoms with Crippen molar-refractivity contribution in [2.45, 2.75) is 19.9 Å². The molecule has 3 nitrogen and oxygen atoms in total. The minimum Gasteiger partial charge on any atom is -0.346 e. The number of carbonyl (C=O) groups is 1. The lowest BCUT2D eigenvalue weighted by atomic mass is 10.1. The number of nitrogens with one attached hydrogen (secondary N) is 1. The summed E-state index contributed by atoms with van der Waals surface area (Å²) in [6.45, 7) is 2.32. The summed E-state index contributed by atoms with van der Waals surface area (Å²) < 4.78 is 13.2. The number of nitrogens with zero attached hydrogens (tertiary/aromatic N) is 1. The van der Waals surface area contributed by atoms with E-state index in [0.29, 0.717) is 12.1 Å². The second-order valence-electron chi connectivity index (χ2n) is 5.47. The van der Waals surface area contributed by atoms with Crippen LogP contribution in [0.15, 0.2) is 54.6 Å². The highest BCUT2D eigenvalue weighted by atomic mass is 32.1. The highest BCUT2D eigenvalue weighted by molar-refractivity contribution is 7.11. The maximum atomic E-state index is 13.2. The summed E-state index contributed by atoms with van der Waals surface area (Å²) in [6.07, 6.45) is 0.835. The molecule has 0 radical (unpaired) electrons. The molecule has 2 aromatic carbocycles. The van der Waals surface area contributed by atoms with Crippen molar-refractivity contribution < 1.29 is 9.18 Å². The maximum Gasteiger partial charge on any atom is 0.251 e. The third-order valence-corrected chi connectivity index (χ3v) is 4.79. The number of aryl methyl sites for hydroxylation is 1. The molecule has 0 bridgehead atoms. The van der Waals surface area contributed by atoms with E-state index < -0.39 is 5.82 Å². The van der Waals surface area contributed by atoms with E-state index in [4.69, 9.17) is 0 Å². The number of rotatable bonds is 5. The van der Waals surface area contributed by atoms with E-state index in [-0.39, 0.29) is 5.91 Å². The first-order chi connectivity index (χ1) is 11.6. The SMILES string of the molecule is Cc1nc(CNC(=O)c2cccc(F)c2)sc1Cc1ccccc1. The summed E-state index contributed by atoms with van der Waals surface area (Å²) in [5, 5.41) is 3.64. The van der Waals surface area contributed by atoms with Gasteiger partial charge in [0, 0.05) is 16.9 Å². The lowest BCUT2D eigenvalue weighted by molar-refractivity contribution is 0.0950. The molecule has 24 heavy (non-hydrogen) atoms. The molecular weight excluding hydrogens is 323 g/mol. The van der Waals surface area contributed by atoms with Gasteiger partial charge in [-0.25, -0.2) is 9.37 Å². The van der Waals surface area contributed by atoms with Crippen LogP contribution < -0.4 is 5.32 Å². The van der Waals surface area contributed by atoms with Crippen LogP contribution >= 0.6 is 11.3 Å². The van der Waals surface area contributed by atoms with E-state index in [1.807, 2.05) is 25.1 Å². The Bertz CT molecular complexity index is 846. The molecule has 5 heteroatoms. The van der Waals surface area contributed by atoms with Crippen LogP contribution in [0.1, 0.15) is 31.5 Å². The Morgan fingerprint density at radius 1 is 1.17 bits per heavy atom. The highest BCUT2D eigenvalue weighted by Crippen LogP contribution is 2.21. The molecule has 0 unspecified atom stereocenters. The molecule has 0 atom stereocenters. The van der Waals surface area contributed by atoms with Crippen molar-refractivity contribution in [3.05, 3.63) is 87.1 Å². The Labute approximate surface area is 144 Å². The van der Waals surface area contributed by atoms with Gasteiger partial charge in [-0.1, -0.05) is 36.4 Å². The third-order valence-electron chi connectivity index (χ3n) is 3.63. The van der Waals surface area contributed by atoms with Gasteiger partial charge in [0.1, 0.15) is 10.8 Å². The molecule has 1 heterocycles. The van der Waals surface area contributed by atoms with Crippen LogP contribution in [0.2, 0.25) is 0 Å². The Balaban J connectivity index is 1.64. The number of benzene rings is 2. The lowest BCUT2D eigenvalue weighted by Gasteiger charge is -2.03. The number of halogens is 1. The van der Waals surface area contributed by atoms with Crippen LogP contribution in [0.5, 0.6) is 0 Å². The minimum atomic E-state index is -0.419. The third kappa shape index (κ3) is 4.06. The van der Waals surface area contributed by atoms with Crippen molar-refractivity contribution in [3.63, 3.8) is 0 Å².